The fraction of sp³-hybridized carbons (Fsp3) is 0.500. The number of nitrogens with one attached hydrogen (secondary N) is 1. The van der Waals surface area contributed by atoms with Crippen molar-refractivity contribution >= 4 is 28.0 Å². The largest absolute Gasteiger partial charge is 0.465 e. The number of carbonyl (C=O) groups excluding carboxylic acids is 1. The first-order valence-corrected chi connectivity index (χ1v) is 6.66. The third-order valence-electron chi connectivity index (χ3n) is 3.12. The number of rotatable bonds is 3. The Labute approximate surface area is 110 Å². The van der Waals surface area contributed by atoms with E-state index < -0.39 is 5.97 Å². The third kappa shape index (κ3) is 2.27. The van der Waals surface area contributed by atoms with Crippen molar-refractivity contribution in [2.24, 2.45) is 0 Å². The molecule has 2 rings (SSSR count). The van der Waals surface area contributed by atoms with Gasteiger partial charge in [-0.15, -0.1) is 11.3 Å². The van der Waals surface area contributed by atoms with Gasteiger partial charge in [0.25, 0.3) is 0 Å². The van der Waals surface area contributed by atoms with E-state index in [1.165, 1.54) is 31.3 Å². The highest BCUT2D eigenvalue weighted by atomic mass is 32.1. The lowest BCUT2D eigenvalue weighted by Gasteiger charge is -2.11. The highest BCUT2D eigenvalue weighted by Gasteiger charge is 2.24. The van der Waals surface area contributed by atoms with Gasteiger partial charge in [0, 0.05) is 6.04 Å². The normalized spacial score (nSPS) is 15.3. The predicted octanol–water partition coefficient (Wildman–Crippen LogP) is 2.34. The van der Waals surface area contributed by atoms with Gasteiger partial charge in [0.1, 0.15) is 21.5 Å². The van der Waals surface area contributed by atoms with E-state index in [1.807, 2.05) is 0 Å². The summed E-state index contributed by atoms with van der Waals surface area (Å²) >= 11 is 1.20. The Morgan fingerprint density at radius 1 is 1.56 bits per heavy atom. The summed E-state index contributed by atoms with van der Waals surface area (Å²) in [5.74, 6) is -0.492. The maximum atomic E-state index is 11.5. The molecule has 96 valence electrons. The zero-order chi connectivity index (χ0) is 13.1. The van der Waals surface area contributed by atoms with Crippen LogP contribution < -0.4 is 11.1 Å². The second-order valence-electron chi connectivity index (χ2n) is 4.28. The number of nitrogens with two attached hydrogens (primary N) is 1. The van der Waals surface area contributed by atoms with Crippen LogP contribution in [0.25, 0.3) is 0 Å². The Kier molecular flexibility index (Phi) is 3.72. The summed E-state index contributed by atoms with van der Waals surface area (Å²) in [5, 5.41) is 13.1. The van der Waals surface area contributed by atoms with Crippen molar-refractivity contribution < 1.29 is 9.53 Å². The van der Waals surface area contributed by atoms with E-state index in [9.17, 15) is 4.79 Å². The molecule has 0 bridgehead atoms. The zero-order valence-electron chi connectivity index (χ0n) is 10.2. The number of methoxy groups -OCH3 is 1. The molecular formula is C12H15N3O2S. The van der Waals surface area contributed by atoms with Crippen LogP contribution >= 0.6 is 11.3 Å². The monoisotopic (exact) mass is 265 g/mol. The van der Waals surface area contributed by atoms with Gasteiger partial charge in [-0.1, -0.05) is 12.8 Å². The molecule has 0 amide bonds. The second-order valence-corrected chi connectivity index (χ2v) is 5.30. The Bertz CT molecular complexity index is 498. The Morgan fingerprint density at radius 3 is 2.78 bits per heavy atom. The van der Waals surface area contributed by atoms with Crippen molar-refractivity contribution in [3.8, 4) is 6.07 Å². The number of thiophene rings is 1. The highest BCUT2D eigenvalue weighted by molar-refractivity contribution is 7.18. The number of nitrogens with zero attached hydrogens (tertiary/aromatic N) is 1. The van der Waals surface area contributed by atoms with Crippen LogP contribution in [0.3, 0.4) is 0 Å². The van der Waals surface area contributed by atoms with Crippen LogP contribution in [0, 0.1) is 11.3 Å². The van der Waals surface area contributed by atoms with Gasteiger partial charge >= 0.3 is 5.97 Å². The fourth-order valence-corrected chi connectivity index (χ4v) is 3.22. The minimum Gasteiger partial charge on any atom is -0.465 e. The van der Waals surface area contributed by atoms with E-state index in [0.717, 1.165) is 12.8 Å². The number of nitriles is 1. The van der Waals surface area contributed by atoms with Crippen molar-refractivity contribution in [2.45, 2.75) is 31.7 Å². The maximum absolute atomic E-state index is 11.5. The molecule has 1 aromatic rings. The van der Waals surface area contributed by atoms with E-state index in [-0.39, 0.29) is 5.69 Å². The summed E-state index contributed by atoms with van der Waals surface area (Å²) in [6.07, 6.45) is 4.58. The number of carbonyl (C=O) groups is 1. The number of nitrogen functional groups attached to an aromatic ring is 1. The van der Waals surface area contributed by atoms with Gasteiger partial charge in [0.15, 0.2) is 0 Å². The molecule has 1 aliphatic carbocycles. The summed E-state index contributed by atoms with van der Waals surface area (Å²) in [6, 6.07) is 2.43. The van der Waals surface area contributed by atoms with Gasteiger partial charge < -0.3 is 15.8 Å². The molecule has 0 saturated heterocycles. The van der Waals surface area contributed by atoms with E-state index in [0.29, 0.717) is 21.5 Å². The van der Waals surface area contributed by atoms with Crippen molar-refractivity contribution in [2.75, 3.05) is 18.2 Å². The summed E-state index contributed by atoms with van der Waals surface area (Å²) < 4.78 is 4.65. The van der Waals surface area contributed by atoms with Gasteiger partial charge in [-0.05, 0) is 12.8 Å². The van der Waals surface area contributed by atoms with Crippen LogP contribution in [0.5, 0.6) is 0 Å². The summed E-state index contributed by atoms with van der Waals surface area (Å²) in [5.41, 5.74) is 6.38. The number of esters is 1. The first-order valence-electron chi connectivity index (χ1n) is 5.84. The molecule has 0 spiro atoms. The molecule has 0 aromatic carbocycles. The van der Waals surface area contributed by atoms with E-state index in [4.69, 9.17) is 11.0 Å². The molecule has 1 saturated carbocycles. The van der Waals surface area contributed by atoms with Crippen LogP contribution in [0.4, 0.5) is 10.7 Å². The maximum Gasteiger partial charge on any atom is 0.350 e. The van der Waals surface area contributed by atoms with Crippen LogP contribution in [0.1, 0.15) is 40.9 Å². The molecular weight excluding hydrogens is 250 g/mol. The minimum absolute atomic E-state index is 0.217. The van der Waals surface area contributed by atoms with E-state index >= 15 is 0 Å². The summed E-state index contributed by atoms with van der Waals surface area (Å²) in [4.78, 5) is 11.8. The molecule has 6 heteroatoms. The summed E-state index contributed by atoms with van der Waals surface area (Å²) in [7, 11) is 1.30. The lowest BCUT2D eigenvalue weighted by atomic mass is 10.2. The van der Waals surface area contributed by atoms with Crippen molar-refractivity contribution in [1.29, 1.82) is 5.26 Å². The molecule has 0 atom stereocenters. The van der Waals surface area contributed by atoms with Crippen LogP contribution in [-0.2, 0) is 4.74 Å². The van der Waals surface area contributed by atoms with Gasteiger partial charge in [-0.3, -0.25) is 0 Å². The molecule has 1 aliphatic rings. The van der Waals surface area contributed by atoms with Crippen molar-refractivity contribution in [1.82, 2.24) is 0 Å². The Hall–Kier alpha value is -1.74. The van der Waals surface area contributed by atoms with Gasteiger partial charge in [-0.25, -0.2) is 4.79 Å². The molecule has 0 aliphatic heterocycles. The minimum atomic E-state index is -0.492. The first-order chi connectivity index (χ1) is 8.67. The first kappa shape index (κ1) is 12.7. The van der Waals surface area contributed by atoms with Crippen LogP contribution in [-0.4, -0.2) is 19.1 Å². The van der Waals surface area contributed by atoms with Crippen molar-refractivity contribution in [3.05, 3.63) is 10.4 Å². The number of hydrogen-bond donors (Lipinski definition) is 2. The molecule has 0 radical (unpaired) electrons. The molecule has 3 N–H and O–H groups in total. The number of hydrogen-bond acceptors (Lipinski definition) is 6. The molecule has 0 unspecified atom stereocenters. The lowest BCUT2D eigenvalue weighted by Crippen LogP contribution is -2.14. The standard InChI is InChI=1S/C12H15N3O2S/c1-17-12(16)10-9(14)8(6-13)11(18-10)15-7-4-2-3-5-7/h7,15H,2-5,14H2,1H3. The fourth-order valence-electron chi connectivity index (χ4n) is 2.16. The molecule has 1 heterocycles. The van der Waals surface area contributed by atoms with Crippen molar-refractivity contribution in [3.63, 3.8) is 0 Å². The molecule has 18 heavy (non-hydrogen) atoms. The number of ether oxygens (including phenoxy) is 1. The molecule has 1 aromatic heterocycles. The Morgan fingerprint density at radius 2 is 2.22 bits per heavy atom. The zero-order valence-corrected chi connectivity index (χ0v) is 11.0. The molecule has 5 nitrogen and oxygen atoms in total. The third-order valence-corrected chi connectivity index (χ3v) is 4.23. The SMILES string of the molecule is COC(=O)c1sc(NC2CCCC2)c(C#N)c1N. The van der Waals surface area contributed by atoms with Crippen LogP contribution in [0.2, 0.25) is 0 Å². The highest BCUT2D eigenvalue weighted by Crippen LogP contribution is 2.37. The summed E-state index contributed by atoms with van der Waals surface area (Å²) in [6.45, 7) is 0. The topological polar surface area (TPSA) is 88.1 Å². The number of anilines is 2. The van der Waals surface area contributed by atoms with Gasteiger partial charge in [0.2, 0.25) is 0 Å². The average molecular weight is 265 g/mol. The smallest absolute Gasteiger partial charge is 0.350 e. The van der Waals surface area contributed by atoms with Crippen LogP contribution in [0.15, 0.2) is 0 Å². The molecule has 1 fully saturated rings. The predicted molar refractivity (Wildman–Crippen MR) is 70.7 cm³/mol. The average Bonchev–Trinajstić information content (AvgIpc) is 2.97. The van der Waals surface area contributed by atoms with Gasteiger partial charge in [0.05, 0.1) is 12.8 Å². The quantitative estimate of drug-likeness (QED) is 0.819. The second kappa shape index (κ2) is 5.27. The lowest BCUT2D eigenvalue weighted by molar-refractivity contribution is 0.0607. The van der Waals surface area contributed by atoms with E-state index in [1.54, 1.807) is 0 Å². The van der Waals surface area contributed by atoms with E-state index in [2.05, 4.69) is 16.1 Å². The van der Waals surface area contributed by atoms with Gasteiger partial charge in [-0.2, -0.15) is 5.26 Å². The Balaban J connectivity index is 2.29.